The standard InChI is InChI=1S/C25H20F2N4O2/c1-16-21(25(32)30-15-17-11-18(26)13-19(27)12-17)5-4-6-22(16)33-20-8-10-29-24(14-20)31-23-7-2-3-9-28-23/h2-14H,15H2,1H3,(H,30,32)(H,28,29,31). The van der Waals surface area contributed by atoms with Crippen molar-refractivity contribution in [1.29, 1.82) is 0 Å². The Bertz CT molecular complexity index is 1260. The zero-order chi connectivity index (χ0) is 23.2. The molecule has 0 saturated heterocycles. The lowest BCUT2D eigenvalue weighted by molar-refractivity contribution is 0.0950. The van der Waals surface area contributed by atoms with Gasteiger partial charge in [-0.2, -0.15) is 0 Å². The van der Waals surface area contributed by atoms with Crippen LogP contribution in [0.3, 0.4) is 0 Å². The number of hydrogen-bond acceptors (Lipinski definition) is 5. The van der Waals surface area contributed by atoms with Gasteiger partial charge in [-0.25, -0.2) is 18.7 Å². The van der Waals surface area contributed by atoms with Crippen molar-refractivity contribution in [3.63, 3.8) is 0 Å². The summed E-state index contributed by atoms with van der Waals surface area (Å²) in [6.45, 7) is 1.76. The summed E-state index contributed by atoms with van der Waals surface area (Å²) in [5.74, 6) is 0.457. The SMILES string of the molecule is Cc1c(Oc2ccnc(Nc3ccccn3)c2)cccc1C(=O)NCc1cc(F)cc(F)c1. The maximum absolute atomic E-state index is 13.4. The Hall–Kier alpha value is -4.33. The average molecular weight is 446 g/mol. The number of nitrogens with one attached hydrogen (secondary N) is 2. The van der Waals surface area contributed by atoms with Crippen LogP contribution in [-0.2, 0) is 6.54 Å². The quantitative estimate of drug-likeness (QED) is 0.390. The second-order valence-electron chi connectivity index (χ2n) is 7.21. The fraction of sp³-hybridized carbons (Fsp3) is 0.0800. The van der Waals surface area contributed by atoms with Crippen LogP contribution in [0.5, 0.6) is 11.5 Å². The topological polar surface area (TPSA) is 76.1 Å². The van der Waals surface area contributed by atoms with Crippen molar-refractivity contribution >= 4 is 17.5 Å². The molecule has 0 unspecified atom stereocenters. The zero-order valence-electron chi connectivity index (χ0n) is 17.7. The van der Waals surface area contributed by atoms with Crippen molar-refractivity contribution in [1.82, 2.24) is 15.3 Å². The van der Waals surface area contributed by atoms with Gasteiger partial charge in [-0.1, -0.05) is 12.1 Å². The molecule has 4 rings (SSSR count). The molecule has 0 aliphatic rings. The smallest absolute Gasteiger partial charge is 0.251 e. The van der Waals surface area contributed by atoms with Gasteiger partial charge in [0, 0.05) is 42.2 Å². The molecule has 0 atom stereocenters. The van der Waals surface area contributed by atoms with E-state index in [9.17, 15) is 13.6 Å². The van der Waals surface area contributed by atoms with Gasteiger partial charge in [0.2, 0.25) is 0 Å². The molecule has 2 heterocycles. The number of halogens is 2. The van der Waals surface area contributed by atoms with E-state index in [0.29, 0.717) is 39.8 Å². The lowest BCUT2D eigenvalue weighted by Gasteiger charge is -2.13. The van der Waals surface area contributed by atoms with E-state index < -0.39 is 11.6 Å². The van der Waals surface area contributed by atoms with Crippen LogP contribution in [0, 0.1) is 18.6 Å². The second kappa shape index (κ2) is 9.86. The molecule has 0 fully saturated rings. The van der Waals surface area contributed by atoms with E-state index in [4.69, 9.17) is 4.74 Å². The molecule has 0 bridgehead atoms. The third-order valence-electron chi connectivity index (χ3n) is 4.78. The number of ether oxygens (including phenoxy) is 1. The van der Waals surface area contributed by atoms with Gasteiger partial charge in [-0.15, -0.1) is 0 Å². The number of rotatable bonds is 7. The predicted molar refractivity (Wildman–Crippen MR) is 121 cm³/mol. The normalized spacial score (nSPS) is 10.5. The summed E-state index contributed by atoms with van der Waals surface area (Å²) in [7, 11) is 0. The Balaban J connectivity index is 1.47. The summed E-state index contributed by atoms with van der Waals surface area (Å²) in [5.41, 5.74) is 1.34. The van der Waals surface area contributed by atoms with Crippen LogP contribution >= 0.6 is 0 Å². The molecule has 1 amide bonds. The fourth-order valence-corrected chi connectivity index (χ4v) is 3.20. The summed E-state index contributed by atoms with van der Waals surface area (Å²) in [6.07, 6.45) is 3.28. The summed E-state index contributed by atoms with van der Waals surface area (Å²) < 4.78 is 32.7. The first kappa shape index (κ1) is 21.9. The largest absolute Gasteiger partial charge is 0.457 e. The fourth-order valence-electron chi connectivity index (χ4n) is 3.20. The lowest BCUT2D eigenvalue weighted by atomic mass is 10.1. The molecular weight excluding hydrogens is 426 g/mol. The Labute approximate surface area is 189 Å². The van der Waals surface area contributed by atoms with Crippen LogP contribution in [-0.4, -0.2) is 15.9 Å². The van der Waals surface area contributed by atoms with Gasteiger partial charge in [0.15, 0.2) is 0 Å². The minimum absolute atomic E-state index is 0.00898. The lowest BCUT2D eigenvalue weighted by Crippen LogP contribution is -2.23. The molecule has 0 saturated carbocycles. The Morgan fingerprint density at radius 3 is 2.45 bits per heavy atom. The minimum atomic E-state index is -0.694. The molecule has 4 aromatic rings. The molecule has 2 aromatic carbocycles. The highest BCUT2D eigenvalue weighted by Gasteiger charge is 2.14. The Morgan fingerprint density at radius 1 is 0.909 bits per heavy atom. The number of anilines is 2. The molecule has 0 aliphatic carbocycles. The summed E-state index contributed by atoms with van der Waals surface area (Å²) in [6, 6.07) is 17.2. The van der Waals surface area contributed by atoms with Gasteiger partial charge in [0.05, 0.1) is 0 Å². The summed E-state index contributed by atoms with van der Waals surface area (Å²) >= 11 is 0. The summed E-state index contributed by atoms with van der Waals surface area (Å²) in [4.78, 5) is 21.2. The number of pyridine rings is 2. The van der Waals surface area contributed by atoms with Gasteiger partial charge in [-0.3, -0.25) is 4.79 Å². The Kier molecular flexibility index (Phi) is 6.54. The van der Waals surface area contributed by atoms with Crippen molar-refractivity contribution in [2.45, 2.75) is 13.5 Å². The van der Waals surface area contributed by atoms with Crippen LogP contribution in [0.2, 0.25) is 0 Å². The van der Waals surface area contributed by atoms with Crippen LogP contribution in [0.15, 0.2) is 79.1 Å². The molecule has 166 valence electrons. The first-order chi connectivity index (χ1) is 16.0. The Morgan fingerprint density at radius 2 is 1.70 bits per heavy atom. The number of benzene rings is 2. The van der Waals surface area contributed by atoms with E-state index >= 15 is 0 Å². The highest BCUT2D eigenvalue weighted by Crippen LogP contribution is 2.28. The van der Waals surface area contributed by atoms with Crippen molar-refractivity contribution < 1.29 is 18.3 Å². The zero-order valence-corrected chi connectivity index (χ0v) is 17.7. The average Bonchev–Trinajstić information content (AvgIpc) is 2.79. The number of carbonyl (C=O) groups excluding carboxylic acids is 1. The van der Waals surface area contributed by atoms with Gasteiger partial charge in [0.25, 0.3) is 5.91 Å². The number of aromatic nitrogens is 2. The molecular formula is C25H20F2N4O2. The van der Waals surface area contributed by atoms with Crippen molar-refractivity contribution in [2.24, 2.45) is 0 Å². The van der Waals surface area contributed by atoms with E-state index in [1.54, 1.807) is 49.6 Å². The van der Waals surface area contributed by atoms with Gasteiger partial charge in [-0.05, 0) is 55.0 Å². The van der Waals surface area contributed by atoms with Crippen LogP contribution < -0.4 is 15.4 Å². The highest BCUT2D eigenvalue weighted by molar-refractivity contribution is 5.96. The second-order valence-corrected chi connectivity index (χ2v) is 7.21. The third-order valence-corrected chi connectivity index (χ3v) is 4.78. The number of carbonyl (C=O) groups is 1. The maximum atomic E-state index is 13.4. The van der Waals surface area contributed by atoms with E-state index in [1.165, 1.54) is 12.1 Å². The van der Waals surface area contributed by atoms with Crippen LogP contribution in [0.4, 0.5) is 20.4 Å². The van der Waals surface area contributed by atoms with Crippen LogP contribution in [0.1, 0.15) is 21.5 Å². The predicted octanol–water partition coefficient (Wildman–Crippen LogP) is 5.53. The van der Waals surface area contributed by atoms with Crippen LogP contribution in [0.25, 0.3) is 0 Å². The van der Waals surface area contributed by atoms with Crippen molar-refractivity contribution in [3.8, 4) is 11.5 Å². The van der Waals surface area contributed by atoms with Gasteiger partial charge < -0.3 is 15.4 Å². The summed E-state index contributed by atoms with van der Waals surface area (Å²) in [5, 5.41) is 5.78. The molecule has 33 heavy (non-hydrogen) atoms. The third kappa shape index (κ3) is 5.68. The van der Waals surface area contributed by atoms with E-state index in [0.717, 1.165) is 6.07 Å². The van der Waals surface area contributed by atoms with Gasteiger partial charge in [0.1, 0.15) is 34.8 Å². The highest BCUT2D eigenvalue weighted by atomic mass is 19.1. The maximum Gasteiger partial charge on any atom is 0.251 e. The number of hydrogen-bond donors (Lipinski definition) is 2. The van der Waals surface area contributed by atoms with E-state index in [-0.39, 0.29) is 12.5 Å². The van der Waals surface area contributed by atoms with E-state index in [1.807, 2.05) is 18.2 Å². The molecule has 2 aromatic heterocycles. The molecule has 6 nitrogen and oxygen atoms in total. The van der Waals surface area contributed by atoms with Crippen molar-refractivity contribution in [3.05, 3.63) is 107 Å². The van der Waals surface area contributed by atoms with Crippen molar-refractivity contribution in [2.75, 3.05) is 5.32 Å². The van der Waals surface area contributed by atoms with E-state index in [2.05, 4.69) is 20.6 Å². The number of nitrogens with zero attached hydrogens (tertiary/aromatic N) is 2. The molecule has 0 spiro atoms. The monoisotopic (exact) mass is 446 g/mol. The van der Waals surface area contributed by atoms with Gasteiger partial charge >= 0.3 is 0 Å². The number of amides is 1. The molecule has 2 N–H and O–H groups in total. The minimum Gasteiger partial charge on any atom is -0.457 e. The first-order valence-corrected chi connectivity index (χ1v) is 10.1. The molecule has 8 heteroatoms. The molecule has 0 aliphatic heterocycles. The molecule has 0 radical (unpaired) electrons. The first-order valence-electron chi connectivity index (χ1n) is 10.1.